The maximum Gasteiger partial charge on any atom is 0.270 e. The highest BCUT2D eigenvalue weighted by Gasteiger charge is 2.25. The van der Waals surface area contributed by atoms with Crippen LogP contribution in [0.15, 0.2) is 41.0 Å². The van der Waals surface area contributed by atoms with E-state index in [4.69, 9.17) is 4.74 Å². The summed E-state index contributed by atoms with van der Waals surface area (Å²) in [6.07, 6.45) is 4.12. The van der Waals surface area contributed by atoms with Crippen molar-refractivity contribution in [1.82, 2.24) is 9.47 Å². The number of carbonyl (C=O) groups excluding carboxylic acids is 1. The van der Waals surface area contributed by atoms with Gasteiger partial charge in [0, 0.05) is 57.2 Å². The van der Waals surface area contributed by atoms with Gasteiger partial charge in [-0.3, -0.25) is 4.79 Å². The molecule has 2 aromatic rings. The lowest BCUT2D eigenvalue weighted by molar-refractivity contribution is 0.0500. The van der Waals surface area contributed by atoms with Crippen LogP contribution in [0.5, 0.6) is 0 Å². The van der Waals surface area contributed by atoms with E-state index in [1.807, 2.05) is 42.9 Å². The zero-order chi connectivity index (χ0) is 18.7. The summed E-state index contributed by atoms with van der Waals surface area (Å²) in [5.74, 6) is 0.0328. The van der Waals surface area contributed by atoms with Crippen LogP contribution in [0, 0.1) is 0 Å². The molecule has 0 bridgehead atoms. The Balaban J connectivity index is 1.80. The Morgan fingerprint density at radius 3 is 2.58 bits per heavy atom. The molecule has 0 saturated carbocycles. The van der Waals surface area contributed by atoms with E-state index < -0.39 is 0 Å². The fourth-order valence-electron chi connectivity index (χ4n) is 3.27. The number of hydrogen-bond acceptors (Lipinski definition) is 3. The summed E-state index contributed by atoms with van der Waals surface area (Å²) in [6.45, 7) is 1.99. The van der Waals surface area contributed by atoms with Gasteiger partial charge < -0.3 is 19.1 Å². The third kappa shape index (κ3) is 4.48. The number of ether oxygens (including phenoxy) is 1. The molecule has 3 rings (SSSR count). The minimum Gasteiger partial charge on any atom is -0.378 e. The number of nitrogens with zero attached hydrogens (tertiary/aromatic N) is 3. The van der Waals surface area contributed by atoms with Gasteiger partial charge in [0.25, 0.3) is 5.91 Å². The number of rotatable bonds is 6. The van der Waals surface area contributed by atoms with Crippen molar-refractivity contribution >= 4 is 27.5 Å². The summed E-state index contributed by atoms with van der Waals surface area (Å²) in [5.41, 5.74) is 2.95. The smallest absolute Gasteiger partial charge is 0.270 e. The fourth-order valence-corrected chi connectivity index (χ4v) is 3.80. The quantitative estimate of drug-likeness (QED) is 0.716. The van der Waals surface area contributed by atoms with Crippen LogP contribution in [0.25, 0.3) is 0 Å². The molecule has 140 valence electrons. The Hall–Kier alpha value is -1.79. The summed E-state index contributed by atoms with van der Waals surface area (Å²) >= 11 is 3.46. The molecule has 26 heavy (non-hydrogen) atoms. The van der Waals surface area contributed by atoms with Gasteiger partial charge in [0.05, 0.1) is 6.10 Å². The molecule has 5 nitrogen and oxygen atoms in total. The number of halogens is 1. The lowest BCUT2D eigenvalue weighted by atomic mass is 10.1. The largest absolute Gasteiger partial charge is 0.378 e. The highest BCUT2D eigenvalue weighted by molar-refractivity contribution is 9.10. The van der Waals surface area contributed by atoms with Crippen LogP contribution in [-0.4, -0.2) is 48.7 Å². The SMILES string of the molecule is CN(C)c1ccc(CN(CC2CCCO2)C(=O)c2cc(Br)cn2C)cc1. The van der Waals surface area contributed by atoms with Crippen molar-refractivity contribution in [2.45, 2.75) is 25.5 Å². The van der Waals surface area contributed by atoms with Crippen molar-refractivity contribution in [1.29, 1.82) is 0 Å². The molecule has 0 spiro atoms. The Kier molecular flexibility index (Phi) is 6.04. The number of aromatic nitrogens is 1. The van der Waals surface area contributed by atoms with Crippen LogP contribution in [0.4, 0.5) is 5.69 Å². The third-order valence-corrected chi connectivity index (χ3v) is 5.19. The lowest BCUT2D eigenvalue weighted by Crippen LogP contribution is -2.37. The highest BCUT2D eigenvalue weighted by Crippen LogP contribution is 2.21. The van der Waals surface area contributed by atoms with E-state index >= 15 is 0 Å². The van der Waals surface area contributed by atoms with E-state index in [1.165, 1.54) is 0 Å². The summed E-state index contributed by atoms with van der Waals surface area (Å²) in [6, 6.07) is 10.2. The first-order valence-corrected chi connectivity index (χ1v) is 9.72. The molecule has 1 aliphatic rings. The summed E-state index contributed by atoms with van der Waals surface area (Å²) in [4.78, 5) is 17.1. The first-order valence-electron chi connectivity index (χ1n) is 8.93. The standard InChI is InChI=1S/C20H26BrN3O2/c1-22(2)17-8-6-15(7-9-17)12-24(14-18-5-4-10-26-18)20(25)19-11-16(21)13-23(19)3/h6-9,11,13,18H,4-5,10,12,14H2,1-3H3. The van der Waals surface area contributed by atoms with E-state index in [1.54, 1.807) is 0 Å². The first kappa shape index (κ1) is 19.0. The molecule has 1 unspecified atom stereocenters. The molecule has 0 aliphatic carbocycles. The second-order valence-electron chi connectivity index (χ2n) is 7.04. The van der Waals surface area contributed by atoms with Crippen molar-refractivity contribution in [3.05, 3.63) is 52.3 Å². The Bertz CT molecular complexity index is 749. The van der Waals surface area contributed by atoms with Gasteiger partial charge in [-0.15, -0.1) is 0 Å². The first-order chi connectivity index (χ1) is 12.4. The zero-order valence-corrected chi connectivity index (χ0v) is 17.2. The normalized spacial score (nSPS) is 16.7. The van der Waals surface area contributed by atoms with Gasteiger partial charge in [-0.2, -0.15) is 0 Å². The van der Waals surface area contributed by atoms with E-state index in [0.29, 0.717) is 18.8 Å². The van der Waals surface area contributed by atoms with Gasteiger partial charge in [0.2, 0.25) is 0 Å². The molecule has 1 fully saturated rings. The monoisotopic (exact) mass is 419 g/mol. The average molecular weight is 420 g/mol. The molecule has 1 atom stereocenters. The van der Waals surface area contributed by atoms with Gasteiger partial charge in [-0.25, -0.2) is 0 Å². The van der Waals surface area contributed by atoms with E-state index in [0.717, 1.165) is 35.2 Å². The van der Waals surface area contributed by atoms with Crippen molar-refractivity contribution in [2.24, 2.45) is 7.05 Å². The van der Waals surface area contributed by atoms with Gasteiger partial charge >= 0.3 is 0 Å². The van der Waals surface area contributed by atoms with E-state index in [9.17, 15) is 4.79 Å². The van der Waals surface area contributed by atoms with Crippen molar-refractivity contribution in [3.8, 4) is 0 Å². The molecule has 0 radical (unpaired) electrons. The van der Waals surface area contributed by atoms with Crippen molar-refractivity contribution in [2.75, 3.05) is 32.1 Å². The van der Waals surface area contributed by atoms with Gasteiger partial charge in [-0.1, -0.05) is 12.1 Å². The van der Waals surface area contributed by atoms with Crippen molar-refractivity contribution < 1.29 is 9.53 Å². The molecule has 1 aromatic carbocycles. The summed E-state index contributed by atoms with van der Waals surface area (Å²) in [5, 5.41) is 0. The van der Waals surface area contributed by atoms with Crippen LogP contribution in [0.1, 0.15) is 28.9 Å². The maximum absolute atomic E-state index is 13.2. The number of hydrogen-bond donors (Lipinski definition) is 0. The molecule has 1 amide bonds. The molecule has 2 heterocycles. The molecule has 1 aromatic heterocycles. The predicted octanol–water partition coefficient (Wildman–Crippen LogP) is 3.68. The Morgan fingerprint density at radius 1 is 1.31 bits per heavy atom. The van der Waals surface area contributed by atoms with Gasteiger partial charge in [0.15, 0.2) is 0 Å². The van der Waals surface area contributed by atoms with Crippen LogP contribution in [0.3, 0.4) is 0 Å². The van der Waals surface area contributed by atoms with Crippen LogP contribution in [-0.2, 0) is 18.3 Å². The maximum atomic E-state index is 13.2. The zero-order valence-electron chi connectivity index (χ0n) is 15.6. The number of amides is 1. The van der Waals surface area contributed by atoms with Gasteiger partial charge in [-0.05, 0) is 52.5 Å². The number of benzene rings is 1. The Morgan fingerprint density at radius 2 is 2.04 bits per heavy atom. The summed E-state index contributed by atoms with van der Waals surface area (Å²) < 4.78 is 8.55. The van der Waals surface area contributed by atoms with Gasteiger partial charge in [0.1, 0.15) is 5.69 Å². The highest BCUT2D eigenvalue weighted by atomic mass is 79.9. The molecule has 1 saturated heterocycles. The Labute approximate surface area is 163 Å². The second-order valence-corrected chi connectivity index (χ2v) is 7.95. The fraction of sp³-hybridized carbons (Fsp3) is 0.450. The molecule has 0 N–H and O–H groups in total. The molecule has 6 heteroatoms. The number of anilines is 1. The summed E-state index contributed by atoms with van der Waals surface area (Å²) in [7, 11) is 5.94. The predicted molar refractivity (Wildman–Crippen MR) is 108 cm³/mol. The topological polar surface area (TPSA) is 37.7 Å². The number of aryl methyl sites for hydroxylation is 1. The van der Waals surface area contributed by atoms with E-state index in [2.05, 4.69) is 45.1 Å². The van der Waals surface area contributed by atoms with Crippen LogP contribution < -0.4 is 4.90 Å². The number of carbonyl (C=O) groups is 1. The second kappa shape index (κ2) is 8.27. The minimum atomic E-state index is 0.0328. The van der Waals surface area contributed by atoms with Crippen LogP contribution >= 0.6 is 15.9 Å². The van der Waals surface area contributed by atoms with Crippen LogP contribution in [0.2, 0.25) is 0 Å². The third-order valence-electron chi connectivity index (χ3n) is 4.75. The lowest BCUT2D eigenvalue weighted by Gasteiger charge is -2.26. The van der Waals surface area contributed by atoms with Crippen molar-refractivity contribution in [3.63, 3.8) is 0 Å². The molecule has 1 aliphatic heterocycles. The average Bonchev–Trinajstić information content (AvgIpc) is 3.23. The molecular formula is C20H26BrN3O2. The molecular weight excluding hydrogens is 394 g/mol. The van der Waals surface area contributed by atoms with E-state index in [-0.39, 0.29) is 12.0 Å². The minimum absolute atomic E-state index is 0.0328.